The Morgan fingerprint density at radius 2 is 1.95 bits per heavy atom. The van der Waals surface area contributed by atoms with Gasteiger partial charge in [0.25, 0.3) is 0 Å². The Hall–Kier alpha value is -2.04. The lowest BCUT2D eigenvalue weighted by Gasteiger charge is -2.18. The van der Waals surface area contributed by atoms with E-state index in [9.17, 15) is 0 Å². The molecular formula is C17H20N2O2. The number of nitrogens with zero attached hydrogens (tertiary/aromatic N) is 1. The molecule has 3 rings (SSSR count). The van der Waals surface area contributed by atoms with Gasteiger partial charge in [0.2, 0.25) is 0 Å². The van der Waals surface area contributed by atoms with Crippen molar-refractivity contribution in [1.29, 1.82) is 0 Å². The molecule has 0 atom stereocenters. The Kier molecular flexibility index (Phi) is 4.08. The summed E-state index contributed by atoms with van der Waals surface area (Å²) >= 11 is 0. The SMILES string of the molecule is CCN(Cc1ccco1)Cc1oc2ccccc2c1CN. The highest BCUT2D eigenvalue weighted by molar-refractivity contribution is 5.82. The van der Waals surface area contributed by atoms with Crippen molar-refractivity contribution in [2.45, 2.75) is 26.6 Å². The van der Waals surface area contributed by atoms with Crippen LogP contribution in [0, 0.1) is 0 Å². The summed E-state index contributed by atoms with van der Waals surface area (Å²) in [4.78, 5) is 2.27. The maximum absolute atomic E-state index is 5.99. The smallest absolute Gasteiger partial charge is 0.134 e. The van der Waals surface area contributed by atoms with Crippen LogP contribution < -0.4 is 5.73 Å². The fourth-order valence-electron chi connectivity index (χ4n) is 2.61. The quantitative estimate of drug-likeness (QED) is 0.752. The molecule has 0 fully saturated rings. The van der Waals surface area contributed by atoms with E-state index in [-0.39, 0.29) is 0 Å². The van der Waals surface area contributed by atoms with Gasteiger partial charge in [-0.1, -0.05) is 25.1 Å². The fraction of sp³-hybridized carbons (Fsp3) is 0.294. The van der Waals surface area contributed by atoms with Crippen LogP contribution in [0.1, 0.15) is 24.0 Å². The van der Waals surface area contributed by atoms with Crippen LogP contribution in [0.4, 0.5) is 0 Å². The van der Waals surface area contributed by atoms with Crippen LogP contribution in [-0.2, 0) is 19.6 Å². The average molecular weight is 284 g/mol. The van der Waals surface area contributed by atoms with E-state index in [1.54, 1.807) is 6.26 Å². The molecule has 0 saturated carbocycles. The van der Waals surface area contributed by atoms with Crippen LogP contribution >= 0.6 is 0 Å². The number of fused-ring (bicyclic) bond motifs is 1. The molecule has 0 saturated heterocycles. The van der Waals surface area contributed by atoms with Crippen molar-refractivity contribution >= 4 is 11.0 Å². The Morgan fingerprint density at radius 3 is 2.67 bits per heavy atom. The minimum Gasteiger partial charge on any atom is -0.468 e. The average Bonchev–Trinajstić information content (AvgIpc) is 3.13. The van der Waals surface area contributed by atoms with Gasteiger partial charge in [-0.15, -0.1) is 0 Å². The summed E-state index contributed by atoms with van der Waals surface area (Å²) in [6.07, 6.45) is 1.70. The maximum Gasteiger partial charge on any atom is 0.134 e. The number of furan rings is 2. The molecule has 4 nitrogen and oxygen atoms in total. The maximum atomic E-state index is 5.99. The minimum absolute atomic E-state index is 0.491. The highest BCUT2D eigenvalue weighted by Crippen LogP contribution is 2.26. The summed E-state index contributed by atoms with van der Waals surface area (Å²) in [5, 5.41) is 1.11. The summed E-state index contributed by atoms with van der Waals surface area (Å²) in [5.41, 5.74) is 7.92. The van der Waals surface area contributed by atoms with Crippen LogP contribution in [-0.4, -0.2) is 11.4 Å². The first-order chi connectivity index (χ1) is 10.3. The van der Waals surface area contributed by atoms with Gasteiger partial charge in [0.15, 0.2) is 0 Å². The Balaban J connectivity index is 1.85. The Bertz CT molecular complexity index is 701. The molecule has 21 heavy (non-hydrogen) atoms. The standard InChI is InChI=1S/C17H20N2O2/c1-2-19(11-13-6-5-9-20-13)12-17-15(10-18)14-7-3-4-8-16(14)21-17/h3-9H,2,10-12,18H2,1H3. The van der Waals surface area contributed by atoms with Crippen molar-refractivity contribution < 1.29 is 8.83 Å². The lowest BCUT2D eigenvalue weighted by Crippen LogP contribution is -2.22. The van der Waals surface area contributed by atoms with Crippen LogP contribution in [0.5, 0.6) is 0 Å². The molecule has 3 aromatic rings. The minimum atomic E-state index is 0.491. The molecule has 2 N–H and O–H groups in total. The van der Waals surface area contributed by atoms with Gasteiger partial charge in [0.05, 0.1) is 19.4 Å². The van der Waals surface area contributed by atoms with Crippen molar-refractivity contribution in [2.75, 3.05) is 6.54 Å². The molecule has 1 aromatic carbocycles. The van der Waals surface area contributed by atoms with Gasteiger partial charge in [-0.3, -0.25) is 4.90 Å². The van der Waals surface area contributed by atoms with Crippen LogP contribution in [0.3, 0.4) is 0 Å². The summed E-state index contributed by atoms with van der Waals surface area (Å²) in [6, 6.07) is 12.0. The van der Waals surface area contributed by atoms with Crippen molar-refractivity contribution in [2.24, 2.45) is 5.73 Å². The summed E-state index contributed by atoms with van der Waals surface area (Å²) in [5.74, 6) is 1.91. The largest absolute Gasteiger partial charge is 0.468 e. The van der Waals surface area contributed by atoms with Gasteiger partial charge < -0.3 is 14.6 Å². The molecule has 0 radical (unpaired) electrons. The summed E-state index contributed by atoms with van der Waals surface area (Å²) in [7, 11) is 0. The lowest BCUT2D eigenvalue weighted by atomic mass is 10.1. The molecular weight excluding hydrogens is 264 g/mol. The molecule has 0 spiro atoms. The monoisotopic (exact) mass is 284 g/mol. The fourth-order valence-corrected chi connectivity index (χ4v) is 2.61. The highest BCUT2D eigenvalue weighted by atomic mass is 16.3. The van der Waals surface area contributed by atoms with E-state index in [0.717, 1.165) is 47.7 Å². The van der Waals surface area contributed by atoms with Crippen molar-refractivity contribution in [3.05, 3.63) is 59.7 Å². The third-order valence-electron chi connectivity index (χ3n) is 3.76. The van der Waals surface area contributed by atoms with Crippen molar-refractivity contribution in [3.63, 3.8) is 0 Å². The first kappa shape index (κ1) is 13.9. The third-order valence-corrected chi connectivity index (χ3v) is 3.76. The number of rotatable bonds is 6. The zero-order chi connectivity index (χ0) is 14.7. The number of nitrogens with two attached hydrogens (primary N) is 1. The second-order valence-electron chi connectivity index (χ2n) is 5.09. The molecule has 0 aliphatic rings. The van der Waals surface area contributed by atoms with Gasteiger partial charge >= 0.3 is 0 Å². The topological polar surface area (TPSA) is 55.5 Å². The van der Waals surface area contributed by atoms with Crippen LogP contribution in [0.15, 0.2) is 51.5 Å². The number of hydrogen-bond acceptors (Lipinski definition) is 4. The van der Waals surface area contributed by atoms with E-state index in [4.69, 9.17) is 14.6 Å². The van der Waals surface area contributed by atoms with Crippen molar-refractivity contribution in [3.8, 4) is 0 Å². The molecule has 0 bridgehead atoms. The molecule has 0 unspecified atom stereocenters. The van der Waals surface area contributed by atoms with Crippen LogP contribution in [0.2, 0.25) is 0 Å². The molecule has 110 valence electrons. The summed E-state index contributed by atoms with van der Waals surface area (Å²) in [6.45, 7) is 5.04. The third kappa shape index (κ3) is 2.86. The lowest BCUT2D eigenvalue weighted by molar-refractivity contribution is 0.230. The predicted molar refractivity (Wildman–Crippen MR) is 82.6 cm³/mol. The summed E-state index contributed by atoms with van der Waals surface area (Å²) < 4.78 is 11.4. The van der Waals surface area contributed by atoms with E-state index in [1.807, 2.05) is 30.3 Å². The van der Waals surface area contributed by atoms with Crippen LogP contribution in [0.25, 0.3) is 11.0 Å². The number of para-hydroxylation sites is 1. The van der Waals surface area contributed by atoms with Gasteiger partial charge in [-0.2, -0.15) is 0 Å². The zero-order valence-electron chi connectivity index (χ0n) is 12.2. The van der Waals surface area contributed by atoms with E-state index >= 15 is 0 Å². The van der Waals surface area contributed by atoms with E-state index in [2.05, 4.69) is 17.9 Å². The van der Waals surface area contributed by atoms with Gasteiger partial charge in [-0.05, 0) is 24.7 Å². The first-order valence-corrected chi connectivity index (χ1v) is 7.26. The molecule has 2 aromatic heterocycles. The van der Waals surface area contributed by atoms with E-state index in [0.29, 0.717) is 6.54 Å². The van der Waals surface area contributed by atoms with E-state index in [1.165, 1.54) is 0 Å². The normalized spacial score (nSPS) is 11.6. The molecule has 4 heteroatoms. The van der Waals surface area contributed by atoms with Gasteiger partial charge in [-0.25, -0.2) is 0 Å². The second kappa shape index (κ2) is 6.16. The first-order valence-electron chi connectivity index (χ1n) is 7.26. The highest BCUT2D eigenvalue weighted by Gasteiger charge is 2.16. The molecule has 0 aliphatic heterocycles. The van der Waals surface area contributed by atoms with Gasteiger partial charge in [0.1, 0.15) is 17.1 Å². The molecule has 2 heterocycles. The number of benzene rings is 1. The van der Waals surface area contributed by atoms with Crippen molar-refractivity contribution in [1.82, 2.24) is 4.90 Å². The Labute approximate surface area is 124 Å². The predicted octanol–water partition coefficient (Wildman–Crippen LogP) is 3.51. The number of hydrogen-bond donors (Lipinski definition) is 1. The van der Waals surface area contributed by atoms with E-state index < -0.39 is 0 Å². The molecule has 0 amide bonds. The second-order valence-corrected chi connectivity index (χ2v) is 5.09. The Morgan fingerprint density at radius 1 is 1.10 bits per heavy atom. The molecule has 0 aliphatic carbocycles. The van der Waals surface area contributed by atoms with Gasteiger partial charge in [0, 0.05) is 17.5 Å². The zero-order valence-corrected chi connectivity index (χ0v) is 12.2.